The first kappa shape index (κ1) is 13.4. The Bertz CT molecular complexity index is 560. The van der Waals surface area contributed by atoms with Crippen LogP contribution < -0.4 is 0 Å². The molecule has 0 bridgehead atoms. The lowest BCUT2D eigenvalue weighted by atomic mass is 9.05. The smallest absolute Gasteiger partial charge is 0.0168 e. The van der Waals surface area contributed by atoms with Crippen LogP contribution in [0.15, 0.2) is 0 Å². The van der Waals surface area contributed by atoms with Gasteiger partial charge >= 0.3 is 0 Å². The molecule has 0 aromatic carbocycles. The summed E-state index contributed by atoms with van der Waals surface area (Å²) >= 11 is 0. The standard InChI is InChI=1S/C21H34/c1-11-9-14-16-15-13-10-12(2)18(13,5)20(15,7)21(16,8)19(14,6)17(11,3)4/h11-16H,9-10H2,1-8H3. The van der Waals surface area contributed by atoms with Crippen LogP contribution in [-0.2, 0) is 0 Å². The number of hydrogen-bond donors (Lipinski definition) is 0. The summed E-state index contributed by atoms with van der Waals surface area (Å²) in [5.74, 6) is 6.14. The minimum atomic E-state index is 0.519. The summed E-state index contributed by atoms with van der Waals surface area (Å²) in [7, 11) is 0. The van der Waals surface area contributed by atoms with Gasteiger partial charge in [-0.25, -0.2) is 0 Å². The molecule has 5 saturated carbocycles. The van der Waals surface area contributed by atoms with E-state index in [2.05, 4.69) is 55.4 Å². The zero-order chi connectivity index (χ0) is 15.4. The van der Waals surface area contributed by atoms with E-state index in [-0.39, 0.29) is 0 Å². The Morgan fingerprint density at radius 2 is 1.14 bits per heavy atom. The molecule has 0 spiro atoms. The average molecular weight is 287 g/mol. The average Bonchev–Trinajstić information content (AvgIpc) is 2.59. The Morgan fingerprint density at radius 1 is 0.619 bits per heavy atom. The highest BCUT2D eigenvalue weighted by molar-refractivity contribution is 5.44. The summed E-state index contributed by atoms with van der Waals surface area (Å²) in [5.41, 5.74) is 3.02. The lowest BCUT2D eigenvalue weighted by Gasteiger charge is -2.98. The molecule has 0 heteroatoms. The Balaban J connectivity index is 1.66. The van der Waals surface area contributed by atoms with E-state index < -0.39 is 0 Å². The Labute approximate surface area is 131 Å². The summed E-state index contributed by atoms with van der Waals surface area (Å²) < 4.78 is 0. The Hall–Kier alpha value is 0. The van der Waals surface area contributed by atoms with Crippen LogP contribution in [0.1, 0.15) is 68.2 Å². The minimum absolute atomic E-state index is 0.519. The van der Waals surface area contributed by atoms with Gasteiger partial charge in [0.05, 0.1) is 0 Å². The van der Waals surface area contributed by atoms with Crippen molar-refractivity contribution in [1.29, 1.82) is 0 Å². The molecule has 0 aromatic rings. The van der Waals surface area contributed by atoms with Gasteiger partial charge in [-0.05, 0) is 75.4 Å². The first-order chi connectivity index (χ1) is 9.52. The van der Waals surface area contributed by atoms with Crippen molar-refractivity contribution < 1.29 is 0 Å². The van der Waals surface area contributed by atoms with Crippen molar-refractivity contribution in [2.45, 2.75) is 68.2 Å². The maximum absolute atomic E-state index is 2.72. The SMILES string of the molecule is CC1CC2C3C4C5CC(C)C5(C)C4(C)C3(C)C2(C)C1(C)C. The molecule has 5 aliphatic carbocycles. The third-order valence-corrected chi connectivity index (χ3v) is 12.2. The van der Waals surface area contributed by atoms with Crippen LogP contribution in [0.3, 0.4) is 0 Å². The maximum atomic E-state index is 2.72. The van der Waals surface area contributed by atoms with Gasteiger partial charge in [-0.2, -0.15) is 0 Å². The van der Waals surface area contributed by atoms with Crippen LogP contribution in [0.5, 0.6) is 0 Å². The summed E-state index contributed by atoms with van der Waals surface area (Å²) in [6.07, 6.45) is 3.04. The van der Waals surface area contributed by atoms with Gasteiger partial charge in [0.2, 0.25) is 0 Å². The second kappa shape index (κ2) is 2.89. The molecule has 5 aliphatic rings. The molecule has 0 aromatic heterocycles. The van der Waals surface area contributed by atoms with Crippen LogP contribution in [0.4, 0.5) is 0 Å². The fourth-order valence-corrected chi connectivity index (χ4v) is 10.2. The highest BCUT2D eigenvalue weighted by Crippen LogP contribution is 3.01. The zero-order valence-corrected chi connectivity index (χ0v) is 15.4. The molecule has 10 atom stereocenters. The van der Waals surface area contributed by atoms with Crippen molar-refractivity contribution in [3.63, 3.8) is 0 Å². The number of fused-ring (bicyclic) bond motifs is 10. The first-order valence-corrected chi connectivity index (χ1v) is 9.52. The van der Waals surface area contributed by atoms with E-state index in [1.165, 1.54) is 12.8 Å². The molecule has 5 rings (SSSR count). The fourth-order valence-electron chi connectivity index (χ4n) is 10.2. The number of hydrogen-bond acceptors (Lipinski definition) is 0. The third-order valence-electron chi connectivity index (χ3n) is 12.2. The predicted octanol–water partition coefficient (Wildman–Crippen LogP) is 5.62. The maximum Gasteiger partial charge on any atom is -0.0168 e. The molecule has 0 saturated heterocycles. The van der Waals surface area contributed by atoms with Gasteiger partial charge in [-0.15, -0.1) is 0 Å². The van der Waals surface area contributed by atoms with Gasteiger partial charge < -0.3 is 0 Å². The van der Waals surface area contributed by atoms with E-state index in [0.29, 0.717) is 27.1 Å². The molecule has 0 radical (unpaired) electrons. The van der Waals surface area contributed by atoms with E-state index in [0.717, 1.165) is 35.5 Å². The molecule has 118 valence electrons. The van der Waals surface area contributed by atoms with Crippen molar-refractivity contribution in [3.8, 4) is 0 Å². The van der Waals surface area contributed by atoms with Crippen molar-refractivity contribution in [2.75, 3.05) is 0 Å². The molecular weight excluding hydrogens is 252 g/mol. The molecule has 0 heterocycles. The third kappa shape index (κ3) is 0.766. The Kier molecular flexibility index (Phi) is 1.85. The molecule has 21 heavy (non-hydrogen) atoms. The quantitative estimate of drug-likeness (QED) is 0.507. The molecule has 10 unspecified atom stereocenters. The summed E-state index contributed by atoms with van der Waals surface area (Å²) in [6, 6.07) is 0. The van der Waals surface area contributed by atoms with E-state index >= 15 is 0 Å². The van der Waals surface area contributed by atoms with Gasteiger partial charge in [-0.1, -0.05) is 55.4 Å². The zero-order valence-electron chi connectivity index (χ0n) is 15.4. The van der Waals surface area contributed by atoms with Crippen LogP contribution >= 0.6 is 0 Å². The van der Waals surface area contributed by atoms with E-state index in [1.54, 1.807) is 0 Å². The van der Waals surface area contributed by atoms with Gasteiger partial charge in [-0.3, -0.25) is 0 Å². The lowest BCUT2D eigenvalue weighted by Crippen LogP contribution is -2.95. The van der Waals surface area contributed by atoms with Crippen molar-refractivity contribution >= 4 is 0 Å². The van der Waals surface area contributed by atoms with E-state index in [4.69, 9.17) is 0 Å². The molecule has 0 nitrogen and oxygen atoms in total. The van der Waals surface area contributed by atoms with Crippen LogP contribution in [-0.4, -0.2) is 0 Å². The van der Waals surface area contributed by atoms with Crippen molar-refractivity contribution in [3.05, 3.63) is 0 Å². The normalized spacial score (nSPS) is 75.4. The van der Waals surface area contributed by atoms with Gasteiger partial charge in [0, 0.05) is 0 Å². The Morgan fingerprint density at radius 3 is 1.71 bits per heavy atom. The van der Waals surface area contributed by atoms with Crippen molar-refractivity contribution in [2.24, 2.45) is 62.6 Å². The fraction of sp³-hybridized carbons (Fsp3) is 1.00. The largest absolute Gasteiger partial charge is 0.0620 e. The minimum Gasteiger partial charge on any atom is -0.0620 e. The first-order valence-electron chi connectivity index (χ1n) is 9.52. The van der Waals surface area contributed by atoms with Crippen molar-refractivity contribution in [1.82, 2.24) is 0 Å². The molecule has 0 N–H and O–H groups in total. The van der Waals surface area contributed by atoms with E-state index in [1.807, 2.05) is 0 Å². The second-order valence-corrected chi connectivity index (χ2v) is 11.1. The summed E-state index contributed by atoms with van der Waals surface area (Å²) in [4.78, 5) is 0. The summed E-state index contributed by atoms with van der Waals surface area (Å²) in [5, 5.41) is 0. The topological polar surface area (TPSA) is 0 Å². The highest BCUT2D eigenvalue weighted by atomic mass is 15.0. The highest BCUT2D eigenvalue weighted by Gasteiger charge is 2.97. The van der Waals surface area contributed by atoms with Gasteiger partial charge in [0.15, 0.2) is 0 Å². The second-order valence-electron chi connectivity index (χ2n) is 11.1. The molecule has 5 fully saturated rings. The van der Waals surface area contributed by atoms with Gasteiger partial charge in [0.1, 0.15) is 0 Å². The van der Waals surface area contributed by atoms with E-state index in [9.17, 15) is 0 Å². The van der Waals surface area contributed by atoms with Crippen LogP contribution in [0, 0.1) is 62.6 Å². The molecule has 0 aliphatic heterocycles. The predicted molar refractivity (Wildman–Crippen MR) is 87.7 cm³/mol. The molecular formula is C21H34. The number of rotatable bonds is 0. The monoisotopic (exact) mass is 286 g/mol. The summed E-state index contributed by atoms with van der Waals surface area (Å²) in [6.45, 7) is 21.0. The lowest BCUT2D eigenvalue weighted by molar-refractivity contribution is -0.519. The van der Waals surface area contributed by atoms with Gasteiger partial charge in [0.25, 0.3) is 0 Å². The molecule has 0 amide bonds. The van der Waals surface area contributed by atoms with Crippen LogP contribution in [0.25, 0.3) is 0 Å². The van der Waals surface area contributed by atoms with Crippen LogP contribution in [0.2, 0.25) is 0 Å².